The van der Waals surface area contributed by atoms with Crippen molar-refractivity contribution in [3.05, 3.63) is 53.9 Å². The van der Waals surface area contributed by atoms with Crippen LogP contribution in [0.25, 0.3) is 0 Å². The minimum Gasteiger partial charge on any atom is -0.373 e. The number of nitrogens with one attached hydrogen (secondary N) is 2. The van der Waals surface area contributed by atoms with Crippen LogP contribution in [0.4, 0.5) is 0 Å². The Morgan fingerprint density at radius 3 is 2.86 bits per heavy atom. The van der Waals surface area contributed by atoms with Crippen LogP contribution in [-0.4, -0.2) is 42.5 Å². The van der Waals surface area contributed by atoms with E-state index < -0.39 is 0 Å². The van der Waals surface area contributed by atoms with Crippen LogP contribution >= 0.6 is 0 Å². The molecule has 2 aromatic rings. The summed E-state index contributed by atoms with van der Waals surface area (Å²) >= 11 is 0. The van der Waals surface area contributed by atoms with Gasteiger partial charge in [-0.25, -0.2) is 0 Å². The minimum absolute atomic E-state index is 0.152. The summed E-state index contributed by atoms with van der Waals surface area (Å²) in [6, 6.07) is 10.7. The molecule has 0 aliphatic carbocycles. The SMILES string of the molecule is CN=C(NCC(C)Cn1cccn1)NCC1CCCOC1c1ccc(C)cc1. The van der Waals surface area contributed by atoms with E-state index in [1.54, 1.807) is 0 Å². The van der Waals surface area contributed by atoms with Gasteiger partial charge in [0.15, 0.2) is 5.96 Å². The van der Waals surface area contributed by atoms with E-state index in [9.17, 15) is 0 Å². The molecule has 3 unspecified atom stereocenters. The molecule has 3 atom stereocenters. The minimum atomic E-state index is 0.152. The molecule has 152 valence electrons. The maximum Gasteiger partial charge on any atom is 0.190 e. The summed E-state index contributed by atoms with van der Waals surface area (Å²) in [4.78, 5) is 4.38. The van der Waals surface area contributed by atoms with Crippen molar-refractivity contribution in [2.45, 2.75) is 39.3 Å². The van der Waals surface area contributed by atoms with E-state index in [1.807, 2.05) is 30.2 Å². The van der Waals surface area contributed by atoms with Gasteiger partial charge in [0.25, 0.3) is 0 Å². The molecule has 0 amide bonds. The van der Waals surface area contributed by atoms with Crippen molar-refractivity contribution in [1.29, 1.82) is 0 Å². The molecule has 1 fully saturated rings. The van der Waals surface area contributed by atoms with Crippen LogP contribution in [0, 0.1) is 18.8 Å². The van der Waals surface area contributed by atoms with E-state index in [0.29, 0.717) is 11.8 Å². The molecule has 6 nitrogen and oxygen atoms in total. The van der Waals surface area contributed by atoms with Gasteiger partial charge in [-0.15, -0.1) is 0 Å². The number of hydrogen-bond donors (Lipinski definition) is 2. The Kier molecular flexibility index (Phi) is 7.48. The Morgan fingerprint density at radius 2 is 2.14 bits per heavy atom. The van der Waals surface area contributed by atoms with Gasteiger partial charge in [-0.2, -0.15) is 5.10 Å². The van der Waals surface area contributed by atoms with Crippen molar-refractivity contribution in [1.82, 2.24) is 20.4 Å². The lowest BCUT2D eigenvalue weighted by Gasteiger charge is -2.32. The fourth-order valence-corrected chi connectivity index (χ4v) is 3.69. The number of aromatic nitrogens is 2. The van der Waals surface area contributed by atoms with Crippen LogP contribution in [0.15, 0.2) is 47.7 Å². The second-order valence-electron chi connectivity index (χ2n) is 7.77. The summed E-state index contributed by atoms with van der Waals surface area (Å²) in [6.07, 6.45) is 6.24. The van der Waals surface area contributed by atoms with Crippen molar-refractivity contribution in [3.8, 4) is 0 Å². The first-order valence-electron chi connectivity index (χ1n) is 10.3. The fourth-order valence-electron chi connectivity index (χ4n) is 3.69. The molecule has 0 radical (unpaired) electrons. The normalized spacial score (nSPS) is 21.3. The third kappa shape index (κ3) is 5.83. The topological polar surface area (TPSA) is 63.5 Å². The van der Waals surface area contributed by atoms with Gasteiger partial charge in [0.2, 0.25) is 0 Å². The second kappa shape index (κ2) is 10.3. The highest BCUT2D eigenvalue weighted by Gasteiger charge is 2.27. The van der Waals surface area contributed by atoms with Gasteiger partial charge in [-0.05, 0) is 37.3 Å². The molecule has 0 bridgehead atoms. The smallest absolute Gasteiger partial charge is 0.190 e. The lowest BCUT2D eigenvalue weighted by molar-refractivity contribution is -0.0265. The number of nitrogens with zero attached hydrogens (tertiary/aromatic N) is 3. The first-order valence-corrected chi connectivity index (χ1v) is 10.3. The summed E-state index contributed by atoms with van der Waals surface area (Å²) in [5.74, 6) is 1.74. The lowest BCUT2D eigenvalue weighted by Crippen LogP contribution is -2.43. The highest BCUT2D eigenvalue weighted by atomic mass is 16.5. The first kappa shape index (κ1) is 20.4. The van der Waals surface area contributed by atoms with Crippen LogP contribution < -0.4 is 10.6 Å². The van der Waals surface area contributed by atoms with Crippen molar-refractivity contribution in [3.63, 3.8) is 0 Å². The van der Waals surface area contributed by atoms with Crippen LogP contribution in [0.5, 0.6) is 0 Å². The maximum atomic E-state index is 6.13. The number of aliphatic imine (C=N–C) groups is 1. The molecule has 1 aliphatic rings. The highest BCUT2D eigenvalue weighted by Crippen LogP contribution is 2.33. The average molecular weight is 384 g/mol. The Balaban J connectivity index is 1.49. The monoisotopic (exact) mass is 383 g/mol. The van der Waals surface area contributed by atoms with Crippen LogP contribution in [0.1, 0.15) is 37.0 Å². The third-order valence-corrected chi connectivity index (χ3v) is 5.28. The number of aryl methyl sites for hydroxylation is 1. The van der Waals surface area contributed by atoms with E-state index in [4.69, 9.17) is 4.74 Å². The molecule has 6 heteroatoms. The standard InChI is InChI=1S/C22H33N5O/c1-17-7-9-19(10-8-17)21-20(6-4-13-28-21)15-25-22(23-3)24-14-18(2)16-27-12-5-11-26-27/h5,7-12,18,20-21H,4,6,13-16H2,1-3H3,(H2,23,24,25). The number of rotatable bonds is 7. The molecule has 1 aromatic heterocycles. The van der Waals surface area contributed by atoms with Crippen molar-refractivity contribution in [2.75, 3.05) is 26.7 Å². The third-order valence-electron chi connectivity index (χ3n) is 5.28. The largest absolute Gasteiger partial charge is 0.373 e. The van der Waals surface area contributed by atoms with E-state index >= 15 is 0 Å². The number of ether oxygens (including phenoxy) is 1. The molecular formula is C22H33N5O. The van der Waals surface area contributed by atoms with Crippen LogP contribution in [-0.2, 0) is 11.3 Å². The molecule has 1 aliphatic heterocycles. The Labute approximate surface area is 168 Å². The molecule has 1 saturated heterocycles. The molecule has 3 rings (SSSR count). The van der Waals surface area contributed by atoms with Crippen LogP contribution in [0.2, 0.25) is 0 Å². The predicted molar refractivity (Wildman–Crippen MR) is 113 cm³/mol. The summed E-state index contributed by atoms with van der Waals surface area (Å²) < 4.78 is 8.10. The van der Waals surface area contributed by atoms with Crippen molar-refractivity contribution >= 4 is 5.96 Å². The summed E-state index contributed by atoms with van der Waals surface area (Å²) in [7, 11) is 1.82. The first-order chi connectivity index (χ1) is 13.7. The summed E-state index contributed by atoms with van der Waals surface area (Å²) in [5.41, 5.74) is 2.55. The summed E-state index contributed by atoms with van der Waals surface area (Å²) in [5, 5.41) is 11.2. The summed E-state index contributed by atoms with van der Waals surface area (Å²) in [6.45, 7) is 7.77. The van der Waals surface area contributed by atoms with E-state index in [1.165, 1.54) is 11.1 Å². The van der Waals surface area contributed by atoms with Gasteiger partial charge >= 0.3 is 0 Å². The van der Waals surface area contributed by atoms with Gasteiger partial charge in [-0.1, -0.05) is 36.8 Å². The Hall–Kier alpha value is -2.34. The average Bonchev–Trinajstić information content (AvgIpc) is 3.22. The second-order valence-corrected chi connectivity index (χ2v) is 7.77. The molecule has 2 heterocycles. The molecule has 0 spiro atoms. The number of hydrogen-bond acceptors (Lipinski definition) is 3. The van der Waals surface area contributed by atoms with Gasteiger partial charge in [0.05, 0.1) is 6.10 Å². The van der Waals surface area contributed by atoms with Crippen LogP contribution in [0.3, 0.4) is 0 Å². The molecule has 28 heavy (non-hydrogen) atoms. The molecule has 2 N–H and O–H groups in total. The Bertz CT molecular complexity index is 726. The molecule has 1 aromatic carbocycles. The zero-order valence-corrected chi connectivity index (χ0v) is 17.3. The molecular weight excluding hydrogens is 350 g/mol. The Morgan fingerprint density at radius 1 is 1.32 bits per heavy atom. The fraction of sp³-hybridized carbons (Fsp3) is 0.545. The highest BCUT2D eigenvalue weighted by molar-refractivity contribution is 5.79. The lowest BCUT2D eigenvalue weighted by atomic mass is 9.89. The number of guanidine groups is 1. The quantitative estimate of drug-likeness (QED) is 0.569. The predicted octanol–water partition coefficient (Wildman–Crippen LogP) is 3.16. The van der Waals surface area contributed by atoms with E-state index in [-0.39, 0.29) is 6.10 Å². The van der Waals surface area contributed by atoms with Gasteiger partial charge in [0.1, 0.15) is 0 Å². The van der Waals surface area contributed by atoms with Gasteiger partial charge in [-0.3, -0.25) is 9.67 Å². The van der Waals surface area contributed by atoms with Gasteiger partial charge < -0.3 is 15.4 Å². The van der Waals surface area contributed by atoms with Crippen molar-refractivity contribution in [2.24, 2.45) is 16.8 Å². The van der Waals surface area contributed by atoms with E-state index in [0.717, 1.165) is 45.0 Å². The maximum absolute atomic E-state index is 6.13. The van der Waals surface area contributed by atoms with E-state index in [2.05, 4.69) is 58.8 Å². The zero-order valence-electron chi connectivity index (χ0n) is 17.3. The van der Waals surface area contributed by atoms with Gasteiger partial charge in [0, 0.05) is 51.6 Å². The zero-order chi connectivity index (χ0) is 19.8. The number of benzene rings is 1. The molecule has 0 saturated carbocycles. The van der Waals surface area contributed by atoms with Crippen molar-refractivity contribution < 1.29 is 4.74 Å².